The van der Waals surface area contributed by atoms with Gasteiger partial charge in [0.1, 0.15) is 12.4 Å². The Bertz CT molecular complexity index is 499. The predicted molar refractivity (Wildman–Crippen MR) is 92.0 cm³/mol. The smallest absolute Gasteiger partial charge is 0.224 e. The van der Waals surface area contributed by atoms with Crippen LogP contribution in [0.15, 0.2) is 18.2 Å². The number of hydrogen-bond acceptors (Lipinski definition) is 4. The molecule has 128 valence electrons. The molecule has 0 aromatic heterocycles. The lowest BCUT2D eigenvalue weighted by atomic mass is 9.93. The van der Waals surface area contributed by atoms with E-state index in [1.165, 1.54) is 12.8 Å². The van der Waals surface area contributed by atoms with Crippen LogP contribution in [0, 0.1) is 12.8 Å². The molecule has 1 aliphatic rings. The highest BCUT2D eigenvalue weighted by Crippen LogP contribution is 2.26. The third-order valence-corrected chi connectivity index (χ3v) is 4.19. The SMILES string of the molecule is COCCOc1cc(C)ccc1NC(=O)CCC1CCNCC1. The summed E-state index contributed by atoms with van der Waals surface area (Å²) in [5.74, 6) is 1.43. The van der Waals surface area contributed by atoms with E-state index in [0.29, 0.717) is 31.3 Å². The van der Waals surface area contributed by atoms with Crippen LogP contribution in [0.3, 0.4) is 0 Å². The second kappa shape index (κ2) is 9.53. The van der Waals surface area contributed by atoms with Crippen molar-refractivity contribution in [3.8, 4) is 5.75 Å². The third kappa shape index (κ3) is 6.20. The summed E-state index contributed by atoms with van der Waals surface area (Å²) in [6, 6.07) is 5.82. The van der Waals surface area contributed by atoms with Crippen molar-refractivity contribution in [1.29, 1.82) is 0 Å². The maximum absolute atomic E-state index is 12.2. The van der Waals surface area contributed by atoms with Gasteiger partial charge in [-0.15, -0.1) is 0 Å². The van der Waals surface area contributed by atoms with Gasteiger partial charge in [0.25, 0.3) is 0 Å². The monoisotopic (exact) mass is 320 g/mol. The van der Waals surface area contributed by atoms with Crippen molar-refractivity contribution in [3.05, 3.63) is 23.8 Å². The van der Waals surface area contributed by atoms with Gasteiger partial charge in [0, 0.05) is 13.5 Å². The van der Waals surface area contributed by atoms with E-state index in [1.807, 2.05) is 25.1 Å². The number of carbonyl (C=O) groups excluding carboxylic acids is 1. The molecule has 0 spiro atoms. The number of anilines is 1. The molecule has 0 bridgehead atoms. The summed E-state index contributed by atoms with van der Waals surface area (Å²) >= 11 is 0. The topological polar surface area (TPSA) is 59.6 Å². The van der Waals surface area contributed by atoms with Crippen molar-refractivity contribution >= 4 is 11.6 Å². The number of amides is 1. The number of nitrogens with one attached hydrogen (secondary N) is 2. The van der Waals surface area contributed by atoms with Crippen LogP contribution < -0.4 is 15.4 Å². The average molecular weight is 320 g/mol. The van der Waals surface area contributed by atoms with E-state index in [4.69, 9.17) is 9.47 Å². The Morgan fingerprint density at radius 1 is 1.30 bits per heavy atom. The first kappa shape index (κ1) is 17.8. The minimum Gasteiger partial charge on any atom is -0.489 e. The molecular formula is C18H28N2O3. The van der Waals surface area contributed by atoms with Crippen LogP contribution in [0.2, 0.25) is 0 Å². The molecule has 5 heteroatoms. The lowest BCUT2D eigenvalue weighted by Gasteiger charge is -2.22. The molecule has 1 fully saturated rings. The lowest BCUT2D eigenvalue weighted by molar-refractivity contribution is -0.116. The van der Waals surface area contributed by atoms with Crippen molar-refractivity contribution in [3.63, 3.8) is 0 Å². The zero-order chi connectivity index (χ0) is 16.5. The van der Waals surface area contributed by atoms with E-state index in [1.54, 1.807) is 7.11 Å². The highest BCUT2D eigenvalue weighted by molar-refractivity contribution is 5.92. The second-order valence-corrected chi connectivity index (χ2v) is 6.12. The maximum Gasteiger partial charge on any atom is 0.224 e. The van der Waals surface area contributed by atoms with Crippen LogP contribution >= 0.6 is 0 Å². The summed E-state index contributed by atoms with van der Waals surface area (Å²) in [5.41, 5.74) is 1.84. The molecule has 2 N–H and O–H groups in total. The van der Waals surface area contributed by atoms with Crippen molar-refractivity contribution in [2.24, 2.45) is 5.92 Å². The van der Waals surface area contributed by atoms with E-state index in [-0.39, 0.29) is 5.91 Å². The molecule has 1 saturated heterocycles. The van der Waals surface area contributed by atoms with E-state index < -0.39 is 0 Å². The Labute approximate surface area is 138 Å². The zero-order valence-electron chi connectivity index (χ0n) is 14.2. The Hall–Kier alpha value is -1.59. The average Bonchev–Trinajstić information content (AvgIpc) is 2.56. The van der Waals surface area contributed by atoms with Gasteiger partial charge in [-0.3, -0.25) is 4.79 Å². The van der Waals surface area contributed by atoms with Crippen LogP contribution in [0.5, 0.6) is 5.75 Å². The Kier molecular flexibility index (Phi) is 7.36. The summed E-state index contributed by atoms with van der Waals surface area (Å²) in [6.45, 7) is 5.14. The van der Waals surface area contributed by atoms with Gasteiger partial charge >= 0.3 is 0 Å². The first-order valence-electron chi connectivity index (χ1n) is 8.42. The minimum atomic E-state index is 0.0592. The van der Waals surface area contributed by atoms with E-state index >= 15 is 0 Å². The minimum absolute atomic E-state index is 0.0592. The Morgan fingerprint density at radius 2 is 2.09 bits per heavy atom. The zero-order valence-corrected chi connectivity index (χ0v) is 14.2. The molecule has 0 radical (unpaired) electrons. The summed E-state index contributed by atoms with van der Waals surface area (Å²) in [5, 5.41) is 6.34. The molecular weight excluding hydrogens is 292 g/mol. The number of hydrogen-bond donors (Lipinski definition) is 2. The fraction of sp³-hybridized carbons (Fsp3) is 0.611. The highest BCUT2D eigenvalue weighted by Gasteiger charge is 2.15. The largest absolute Gasteiger partial charge is 0.489 e. The molecule has 0 atom stereocenters. The van der Waals surface area contributed by atoms with Crippen molar-refractivity contribution in [1.82, 2.24) is 5.32 Å². The van der Waals surface area contributed by atoms with E-state index in [2.05, 4.69) is 10.6 Å². The third-order valence-electron chi connectivity index (χ3n) is 4.19. The van der Waals surface area contributed by atoms with Crippen LogP contribution in [-0.2, 0) is 9.53 Å². The van der Waals surface area contributed by atoms with Gasteiger partial charge in [-0.1, -0.05) is 6.07 Å². The first-order chi connectivity index (χ1) is 11.2. The molecule has 2 rings (SSSR count). The molecule has 5 nitrogen and oxygen atoms in total. The van der Waals surface area contributed by atoms with Gasteiger partial charge in [-0.05, 0) is 62.9 Å². The summed E-state index contributed by atoms with van der Waals surface area (Å²) in [4.78, 5) is 12.2. The molecule has 1 aliphatic heterocycles. The Morgan fingerprint density at radius 3 is 2.83 bits per heavy atom. The van der Waals surface area contributed by atoms with E-state index in [0.717, 1.165) is 30.8 Å². The number of ether oxygens (including phenoxy) is 2. The number of aryl methyl sites for hydroxylation is 1. The van der Waals surface area contributed by atoms with Crippen LogP contribution in [0.1, 0.15) is 31.2 Å². The lowest BCUT2D eigenvalue weighted by Crippen LogP contribution is -2.28. The van der Waals surface area contributed by atoms with E-state index in [9.17, 15) is 4.79 Å². The molecule has 0 aliphatic carbocycles. The van der Waals surface area contributed by atoms with Crippen LogP contribution in [0.4, 0.5) is 5.69 Å². The molecule has 0 saturated carbocycles. The highest BCUT2D eigenvalue weighted by atomic mass is 16.5. The molecule has 23 heavy (non-hydrogen) atoms. The fourth-order valence-corrected chi connectivity index (χ4v) is 2.81. The number of benzene rings is 1. The predicted octanol–water partition coefficient (Wildman–Crippen LogP) is 2.74. The Balaban J connectivity index is 1.86. The normalized spacial score (nSPS) is 15.4. The maximum atomic E-state index is 12.2. The van der Waals surface area contributed by atoms with Gasteiger partial charge in [0.15, 0.2) is 0 Å². The van der Waals surface area contributed by atoms with Crippen LogP contribution in [-0.4, -0.2) is 39.3 Å². The summed E-state index contributed by atoms with van der Waals surface area (Å²) < 4.78 is 10.7. The van der Waals surface area contributed by atoms with Gasteiger partial charge in [0.05, 0.1) is 12.3 Å². The van der Waals surface area contributed by atoms with Crippen molar-refractivity contribution in [2.75, 3.05) is 38.7 Å². The molecule has 0 unspecified atom stereocenters. The van der Waals surface area contributed by atoms with Crippen LogP contribution in [0.25, 0.3) is 0 Å². The molecule has 1 amide bonds. The second-order valence-electron chi connectivity index (χ2n) is 6.12. The number of carbonyl (C=O) groups is 1. The van der Waals surface area contributed by atoms with Crippen molar-refractivity contribution in [2.45, 2.75) is 32.6 Å². The molecule has 1 aromatic rings. The van der Waals surface area contributed by atoms with Gasteiger partial charge < -0.3 is 20.1 Å². The number of rotatable bonds is 8. The quantitative estimate of drug-likeness (QED) is 0.723. The fourth-order valence-electron chi connectivity index (χ4n) is 2.81. The standard InChI is InChI=1S/C18H28N2O3/c1-14-3-5-16(17(13-14)23-12-11-22-2)20-18(21)6-4-15-7-9-19-10-8-15/h3,5,13,15,19H,4,6-12H2,1-2H3,(H,20,21). The first-order valence-corrected chi connectivity index (χ1v) is 8.42. The number of piperidine rings is 1. The van der Waals surface area contributed by atoms with Gasteiger partial charge in [-0.25, -0.2) is 0 Å². The molecule has 1 heterocycles. The van der Waals surface area contributed by atoms with Gasteiger partial charge in [0.2, 0.25) is 5.91 Å². The molecule has 1 aromatic carbocycles. The summed E-state index contributed by atoms with van der Waals surface area (Å²) in [7, 11) is 1.64. The van der Waals surface area contributed by atoms with Gasteiger partial charge in [-0.2, -0.15) is 0 Å². The summed E-state index contributed by atoms with van der Waals surface area (Å²) in [6.07, 6.45) is 3.86. The number of methoxy groups -OCH3 is 1. The van der Waals surface area contributed by atoms with Crippen molar-refractivity contribution < 1.29 is 14.3 Å².